The lowest BCUT2D eigenvalue weighted by Gasteiger charge is -2.04. The number of halogens is 2. The van der Waals surface area contributed by atoms with Crippen LogP contribution in [0, 0.1) is 11.6 Å². The Labute approximate surface area is 137 Å². The maximum Gasteiger partial charge on any atom is 0.287 e. The molecule has 1 amide bonds. The second-order valence-electron chi connectivity index (χ2n) is 5.27. The molecule has 0 aliphatic rings. The summed E-state index contributed by atoms with van der Waals surface area (Å²) >= 11 is 0. The van der Waals surface area contributed by atoms with E-state index in [2.05, 4.69) is 5.32 Å². The summed E-state index contributed by atoms with van der Waals surface area (Å²) in [5.74, 6) is -0.364. The summed E-state index contributed by atoms with van der Waals surface area (Å²) in [5.41, 5.74) is 1.23. The highest BCUT2D eigenvalue weighted by Gasteiger charge is 2.12. The van der Waals surface area contributed by atoms with Crippen molar-refractivity contribution in [1.29, 1.82) is 0 Å². The number of furan rings is 1. The first kappa shape index (κ1) is 15.9. The smallest absolute Gasteiger partial charge is 0.287 e. The molecule has 1 heterocycles. The SMILES string of the molecule is O=C(NCCc1ccccc1F)c1ccc(-c2ccc(F)cc2)o1. The van der Waals surface area contributed by atoms with Crippen LogP contribution < -0.4 is 5.32 Å². The molecule has 0 saturated carbocycles. The molecular weight excluding hydrogens is 312 g/mol. The number of nitrogens with one attached hydrogen (secondary N) is 1. The van der Waals surface area contributed by atoms with Gasteiger partial charge in [-0.05, 0) is 54.4 Å². The number of rotatable bonds is 5. The van der Waals surface area contributed by atoms with Crippen LogP contribution in [0.4, 0.5) is 8.78 Å². The Morgan fingerprint density at radius 1 is 0.958 bits per heavy atom. The number of hydrogen-bond donors (Lipinski definition) is 1. The second kappa shape index (κ2) is 7.08. The molecule has 5 heteroatoms. The van der Waals surface area contributed by atoms with Crippen molar-refractivity contribution >= 4 is 5.91 Å². The highest BCUT2D eigenvalue weighted by molar-refractivity contribution is 5.92. The third-order valence-corrected chi connectivity index (χ3v) is 3.60. The quantitative estimate of drug-likeness (QED) is 0.763. The van der Waals surface area contributed by atoms with E-state index in [1.165, 1.54) is 18.2 Å². The minimum absolute atomic E-state index is 0.155. The fourth-order valence-corrected chi connectivity index (χ4v) is 2.33. The highest BCUT2D eigenvalue weighted by atomic mass is 19.1. The summed E-state index contributed by atoms with van der Waals surface area (Å²) in [5, 5.41) is 2.69. The van der Waals surface area contributed by atoms with Crippen molar-refractivity contribution < 1.29 is 18.0 Å². The van der Waals surface area contributed by atoms with Crippen LogP contribution >= 0.6 is 0 Å². The van der Waals surface area contributed by atoms with Crippen LogP contribution in [-0.2, 0) is 6.42 Å². The first-order valence-electron chi connectivity index (χ1n) is 7.51. The summed E-state index contributed by atoms with van der Waals surface area (Å²) in [7, 11) is 0. The van der Waals surface area contributed by atoms with Gasteiger partial charge in [0.15, 0.2) is 5.76 Å². The van der Waals surface area contributed by atoms with Gasteiger partial charge in [0.25, 0.3) is 5.91 Å². The van der Waals surface area contributed by atoms with Gasteiger partial charge in [0.05, 0.1) is 0 Å². The molecule has 0 fully saturated rings. The summed E-state index contributed by atoms with van der Waals surface area (Å²) in [4.78, 5) is 12.1. The predicted octanol–water partition coefficient (Wildman–Crippen LogP) is 4.20. The van der Waals surface area contributed by atoms with Crippen molar-refractivity contribution in [1.82, 2.24) is 5.32 Å². The fourth-order valence-electron chi connectivity index (χ4n) is 2.33. The van der Waals surface area contributed by atoms with E-state index in [0.29, 0.717) is 29.9 Å². The third kappa shape index (κ3) is 3.68. The Morgan fingerprint density at radius 3 is 2.46 bits per heavy atom. The molecule has 2 aromatic carbocycles. The van der Waals surface area contributed by atoms with Crippen molar-refractivity contribution in [2.24, 2.45) is 0 Å². The highest BCUT2D eigenvalue weighted by Crippen LogP contribution is 2.22. The largest absolute Gasteiger partial charge is 0.451 e. The van der Waals surface area contributed by atoms with Gasteiger partial charge in [0.2, 0.25) is 0 Å². The molecule has 3 nitrogen and oxygen atoms in total. The molecule has 0 atom stereocenters. The molecule has 1 aromatic heterocycles. The number of carbonyl (C=O) groups is 1. The molecule has 0 radical (unpaired) electrons. The molecule has 122 valence electrons. The zero-order chi connectivity index (χ0) is 16.9. The summed E-state index contributed by atoms with van der Waals surface area (Å²) in [6.07, 6.45) is 0.393. The minimum atomic E-state index is -0.375. The average Bonchev–Trinajstić information content (AvgIpc) is 3.07. The molecule has 1 N–H and O–H groups in total. The first-order chi connectivity index (χ1) is 11.6. The van der Waals surface area contributed by atoms with Crippen molar-refractivity contribution in [2.45, 2.75) is 6.42 Å². The minimum Gasteiger partial charge on any atom is -0.451 e. The number of amides is 1. The van der Waals surface area contributed by atoms with Gasteiger partial charge < -0.3 is 9.73 Å². The molecule has 0 saturated heterocycles. The van der Waals surface area contributed by atoms with E-state index in [1.54, 1.807) is 42.5 Å². The average molecular weight is 327 g/mol. The standard InChI is InChI=1S/C19H15F2NO2/c20-15-7-5-14(6-8-15)17-9-10-18(24-17)19(23)22-12-11-13-3-1-2-4-16(13)21/h1-10H,11-12H2,(H,22,23). The Bertz CT molecular complexity index is 841. The fraction of sp³-hybridized carbons (Fsp3) is 0.105. The second-order valence-corrected chi connectivity index (χ2v) is 5.27. The zero-order valence-electron chi connectivity index (χ0n) is 12.8. The van der Waals surface area contributed by atoms with E-state index in [1.807, 2.05) is 0 Å². The van der Waals surface area contributed by atoms with Crippen LogP contribution in [0.15, 0.2) is 65.1 Å². The van der Waals surface area contributed by atoms with E-state index < -0.39 is 0 Å². The normalized spacial score (nSPS) is 10.6. The van der Waals surface area contributed by atoms with Crippen LogP contribution in [0.2, 0.25) is 0 Å². The van der Waals surface area contributed by atoms with Crippen LogP contribution in [-0.4, -0.2) is 12.5 Å². The van der Waals surface area contributed by atoms with Gasteiger partial charge in [-0.25, -0.2) is 8.78 Å². The van der Waals surface area contributed by atoms with Crippen molar-refractivity contribution in [3.05, 3.63) is 83.6 Å². The van der Waals surface area contributed by atoms with E-state index >= 15 is 0 Å². The van der Waals surface area contributed by atoms with Crippen LogP contribution in [0.1, 0.15) is 16.1 Å². The number of benzene rings is 2. The van der Waals surface area contributed by atoms with Crippen LogP contribution in [0.3, 0.4) is 0 Å². The molecule has 3 aromatic rings. The van der Waals surface area contributed by atoms with Gasteiger partial charge in [-0.3, -0.25) is 4.79 Å². The Kier molecular flexibility index (Phi) is 4.70. The summed E-state index contributed by atoms with van der Waals surface area (Å²) < 4.78 is 31.9. The lowest BCUT2D eigenvalue weighted by Crippen LogP contribution is -2.25. The van der Waals surface area contributed by atoms with E-state index in [4.69, 9.17) is 4.42 Å². The first-order valence-corrected chi connectivity index (χ1v) is 7.51. The van der Waals surface area contributed by atoms with Crippen molar-refractivity contribution in [2.75, 3.05) is 6.54 Å². The summed E-state index contributed by atoms with van der Waals surface area (Å²) in [6.45, 7) is 0.298. The molecule has 24 heavy (non-hydrogen) atoms. The third-order valence-electron chi connectivity index (χ3n) is 3.60. The molecule has 0 spiro atoms. The van der Waals surface area contributed by atoms with Gasteiger partial charge in [0.1, 0.15) is 17.4 Å². The zero-order valence-corrected chi connectivity index (χ0v) is 12.8. The lowest BCUT2D eigenvalue weighted by atomic mass is 10.1. The van der Waals surface area contributed by atoms with Gasteiger partial charge in [0, 0.05) is 12.1 Å². The van der Waals surface area contributed by atoms with Gasteiger partial charge >= 0.3 is 0 Å². The number of hydrogen-bond acceptors (Lipinski definition) is 2. The molecule has 0 bridgehead atoms. The Morgan fingerprint density at radius 2 is 1.71 bits per heavy atom. The lowest BCUT2D eigenvalue weighted by molar-refractivity contribution is 0.0927. The topological polar surface area (TPSA) is 42.2 Å². The maximum absolute atomic E-state index is 13.5. The van der Waals surface area contributed by atoms with Gasteiger partial charge in [-0.2, -0.15) is 0 Å². The Hall–Kier alpha value is -2.95. The van der Waals surface area contributed by atoms with Crippen LogP contribution in [0.5, 0.6) is 0 Å². The molecule has 3 rings (SSSR count). The van der Waals surface area contributed by atoms with Gasteiger partial charge in [-0.1, -0.05) is 18.2 Å². The van der Waals surface area contributed by atoms with E-state index in [-0.39, 0.29) is 23.3 Å². The van der Waals surface area contributed by atoms with E-state index in [9.17, 15) is 13.6 Å². The molecule has 0 aliphatic carbocycles. The van der Waals surface area contributed by atoms with Crippen molar-refractivity contribution in [3.63, 3.8) is 0 Å². The molecule has 0 aliphatic heterocycles. The van der Waals surface area contributed by atoms with Crippen LogP contribution in [0.25, 0.3) is 11.3 Å². The summed E-state index contributed by atoms with van der Waals surface area (Å²) in [6, 6.07) is 15.5. The van der Waals surface area contributed by atoms with Gasteiger partial charge in [-0.15, -0.1) is 0 Å². The maximum atomic E-state index is 13.5. The van der Waals surface area contributed by atoms with Crippen molar-refractivity contribution in [3.8, 4) is 11.3 Å². The predicted molar refractivity (Wildman–Crippen MR) is 86.5 cm³/mol. The number of carbonyl (C=O) groups excluding carboxylic acids is 1. The molecule has 0 unspecified atom stereocenters. The van der Waals surface area contributed by atoms with E-state index in [0.717, 1.165) is 0 Å². The Balaban J connectivity index is 1.60. The molecular formula is C19H15F2NO2. The monoisotopic (exact) mass is 327 g/mol.